The Bertz CT molecular complexity index is 738. The minimum Gasteiger partial charge on any atom is -0.464 e. The van der Waals surface area contributed by atoms with E-state index >= 15 is 0 Å². The number of benzene rings is 1. The number of methoxy groups -OCH3 is 1. The van der Waals surface area contributed by atoms with Crippen molar-refractivity contribution in [3.63, 3.8) is 0 Å². The molecule has 0 aliphatic carbocycles. The Morgan fingerprint density at radius 3 is 2.52 bits per heavy atom. The first-order chi connectivity index (χ1) is 11.9. The third kappa shape index (κ3) is 2.29. The minimum absolute atomic E-state index is 0.232. The fourth-order valence-corrected chi connectivity index (χ4v) is 4.39. The summed E-state index contributed by atoms with van der Waals surface area (Å²) in [6.07, 6.45) is 0.308. The Kier molecular flexibility index (Phi) is 4.36. The highest BCUT2D eigenvalue weighted by molar-refractivity contribution is 6.08. The molecule has 2 aliphatic rings. The van der Waals surface area contributed by atoms with Crippen molar-refractivity contribution in [3.8, 4) is 0 Å². The molecule has 0 saturated carbocycles. The summed E-state index contributed by atoms with van der Waals surface area (Å²) in [5, 5.41) is 1.66. The van der Waals surface area contributed by atoms with Crippen molar-refractivity contribution in [2.24, 2.45) is 11.8 Å². The second kappa shape index (κ2) is 6.22. The van der Waals surface area contributed by atoms with Gasteiger partial charge in [0.25, 0.3) is 0 Å². The van der Waals surface area contributed by atoms with E-state index in [1.165, 1.54) is 18.1 Å². The van der Waals surface area contributed by atoms with Crippen molar-refractivity contribution in [1.29, 1.82) is 0 Å². The van der Waals surface area contributed by atoms with E-state index < -0.39 is 35.2 Å². The number of carbonyl (C=O) groups is 3. The Balaban J connectivity index is 2.17. The molecule has 25 heavy (non-hydrogen) atoms. The minimum atomic E-state index is -1.22. The lowest BCUT2D eigenvalue weighted by Gasteiger charge is -2.28. The Morgan fingerprint density at radius 2 is 1.96 bits per heavy atom. The average Bonchev–Trinajstić information content (AvgIpc) is 3.09. The molecule has 0 aromatic heterocycles. The number of ether oxygens (including phenoxy) is 1. The Labute approximate surface area is 145 Å². The summed E-state index contributed by atoms with van der Waals surface area (Å²) in [7, 11) is 1.26. The van der Waals surface area contributed by atoms with Gasteiger partial charge in [-0.2, -0.15) is 0 Å². The molecule has 2 saturated heterocycles. The second-order valence-electron chi connectivity index (χ2n) is 6.52. The summed E-state index contributed by atoms with van der Waals surface area (Å²) < 4.78 is 19.4. The van der Waals surface area contributed by atoms with Gasteiger partial charge in [-0.05, 0) is 13.0 Å². The summed E-state index contributed by atoms with van der Waals surface area (Å²) in [6, 6.07) is 5.53. The second-order valence-corrected chi connectivity index (χ2v) is 6.52. The first kappa shape index (κ1) is 17.5. The van der Waals surface area contributed by atoms with Gasteiger partial charge in [-0.3, -0.25) is 14.5 Å². The van der Waals surface area contributed by atoms with Gasteiger partial charge < -0.3 is 10.1 Å². The van der Waals surface area contributed by atoms with Crippen LogP contribution in [0.4, 0.5) is 4.39 Å². The van der Waals surface area contributed by atoms with Crippen molar-refractivity contribution in [1.82, 2.24) is 4.90 Å². The summed E-state index contributed by atoms with van der Waals surface area (Å²) >= 11 is 0. The molecule has 0 radical (unpaired) electrons. The Morgan fingerprint density at radius 1 is 1.28 bits per heavy atom. The lowest BCUT2D eigenvalue weighted by molar-refractivity contribution is -0.734. The van der Waals surface area contributed by atoms with Crippen LogP contribution in [0.5, 0.6) is 0 Å². The topological polar surface area (TPSA) is 80.3 Å². The first-order valence-electron chi connectivity index (χ1n) is 8.47. The summed E-state index contributed by atoms with van der Waals surface area (Å²) in [6.45, 7) is 3.72. The lowest BCUT2D eigenvalue weighted by Crippen LogP contribution is -2.98. The maximum absolute atomic E-state index is 14.4. The number of likely N-dealkylation sites (tertiary alicyclic amines) is 1. The number of carbonyl (C=O) groups excluding carboxylic acids is 3. The number of rotatable bonds is 4. The highest BCUT2D eigenvalue weighted by atomic mass is 19.1. The molecule has 7 heteroatoms. The number of amides is 2. The summed E-state index contributed by atoms with van der Waals surface area (Å²) in [5.41, 5.74) is -0.890. The predicted octanol–water partition coefficient (Wildman–Crippen LogP) is 0.387. The van der Waals surface area contributed by atoms with Gasteiger partial charge in [0.1, 0.15) is 23.7 Å². The van der Waals surface area contributed by atoms with Crippen LogP contribution in [0.15, 0.2) is 24.3 Å². The van der Waals surface area contributed by atoms with Crippen LogP contribution in [0.1, 0.15) is 31.9 Å². The van der Waals surface area contributed by atoms with E-state index in [-0.39, 0.29) is 18.4 Å². The number of hydrogen-bond donors (Lipinski definition) is 1. The van der Waals surface area contributed by atoms with Crippen molar-refractivity contribution in [2.45, 2.75) is 31.8 Å². The monoisotopic (exact) mass is 349 g/mol. The number of fused-ring (bicyclic) bond motifs is 1. The fourth-order valence-electron chi connectivity index (χ4n) is 4.39. The molecule has 0 spiro atoms. The van der Waals surface area contributed by atoms with Crippen LogP contribution in [-0.4, -0.2) is 41.9 Å². The fraction of sp³-hybridized carbons (Fsp3) is 0.500. The number of quaternary nitrogens is 1. The zero-order chi connectivity index (χ0) is 18.4. The third-order valence-electron chi connectivity index (χ3n) is 5.59. The molecule has 2 heterocycles. The molecule has 134 valence electrons. The highest BCUT2D eigenvalue weighted by Gasteiger charge is 2.71. The predicted molar refractivity (Wildman–Crippen MR) is 85.5 cm³/mol. The maximum Gasteiger partial charge on any atom is 0.368 e. The molecule has 4 atom stereocenters. The van der Waals surface area contributed by atoms with Crippen LogP contribution >= 0.6 is 0 Å². The number of esters is 1. The van der Waals surface area contributed by atoms with Crippen LogP contribution in [0.2, 0.25) is 0 Å². The molecule has 2 amide bonds. The number of hydrogen-bond acceptors (Lipinski definition) is 4. The van der Waals surface area contributed by atoms with E-state index in [1.54, 1.807) is 37.4 Å². The van der Waals surface area contributed by atoms with E-state index in [1.807, 2.05) is 0 Å². The van der Waals surface area contributed by atoms with Crippen molar-refractivity contribution < 1.29 is 28.8 Å². The van der Waals surface area contributed by atoms with E-state index in [4.69, 9.17) is 4.74 Å². The summed E-state index contributed by atoms with van der Waals surface area (Å²) in [4.78, 5) is 39.5. The molecule has 1 aromatic rings. The number of halogens is 1. The van der Waals surface area contributed by atoms with Crippen LogP contribution in [0.25, 0.3) is 0 Å². The van der Waals surface area contributed by atoms with Crippen LogP contribution < -0.4 is 5.32 Å². The molecule has 2 fully saturated rings. The van der Waals surface area contributed by atoms with Crippen molar-refractivity contribution >= 4 is 17.8 Å². The molecular formula is C18H22FN2O4+. The quantitative estimate of drug-likeness (QED) is 0.630. The van der Waals surface area contributed by atoms with Gasteiger partial charge in [-0.15, -0.1) is 0 Å². The van der Waals surface area contributed by atoms with Gasteiger partial charge in [-0.1, -0.05) is 25.1 Å². The lowest BCUT2D eigenvalue weighted by atomic mass is 9.78. The van der Waals surface area contributed by atoms with Crippen molar-refractivity contribution in [2.75, 3.05) is 13.7 Å². The zero-order valence-electron chi connectivity index (χ0n) is 14.5. The number of imide groups is 1. The van der Waals surface area contributed by atoms with Gasteiger partial charge >= 0.3 is 5.97 Å². The average molecular weight is 349 g/mol. The standard InChI is InChI=1S/C18H21FN2O4/c1-4-18(17(24)25-3)13-12(15(22)21(5-2)16(13)23)14(20-18)10-8-6-7-9-11(10)19/h6-9,12-14,20H,4-5H2,1-3H3/p+1/t12-,13-,14-,18+/m0/s1. The SMILES string of the molecule is CCN1C(=O)[C@H]2[C@@H](C1=O)[C@](CC)(C(=O)OC)[NH2+][C@H]2c1ccccc1F. The van der Waals surface area contributed by atoms with Gasteiger partial charge in [0.15, 0.2) is 0 Å². The van der Waals surface area contributed by atoms with Gasteiger partial charge in [0, 0.05) is 18.5 Å². The Hall–Kier alpha value is -2.28. The van der Waals surface area contributed by atoms with E-state index in [0.717, 1.165) is 0 Å². The summed E-state index contributed by atoms with van der Waals surface area (Å²) in [5.74, 6) is -3.34. The molecule has 6 nitrogen and oxygen atoms in total. The van der Waals surface area contributed by atoms with Gasteiger partial charge in [-0.25, -0.2) is 9.18 Å². The van der Waals surface area contributed by atoms with E-state index in [9.17, 15) is 18.8 Å². The largest absolute Gasteiger partial charge is 0.464 e. The van der Waals surface area contributed by atoms with Gasteiger partial charge in [0.05, 0.1) is 7.11 Å². The van der Waals surface area contributed by atoms with Crippen LogP contribution in [0.3, 0.4) is 0 Å². The highest BCUT2D eigenvalue weighted by Crippen LogP contribution is 2.45. The molecule has 0 bridgehead atoms. The molecule has 2 N–H and O–H groups in total. The van der Waals surface area contributed by atoms with Crippen LogP contribution in [-0.2, 0) is 19.1 Å². The van der Waals surface area contributed by atoms with E-state index in [0.29, 0.717) is 12.0 Å². The smallest absolute Gasteiger partial charge is 0.368 e. The third-order valence-corrected chi connectivity index (χ3v) is 5.59. The normalized spacial score (nSPS) is 31.4. The van der Waals surface area contributed by atoms with Crippen molar-refractivity contribution in [3.05, 3.63) is 35.6 Å². The van der Waals surface area contributed by atoms with Crippen LogP contribution in [0, 0.1) is 17.7 Å². The molecule has 3 rings (SSSR count). The van der Waals surface area contributed by atoms with Gasteiger partial charge in [0.2, 0.25) is 17.4 Å². The first-order valence-corrected chi connectivity index (χ1v) is 8.47. The maximum atomic E-state index is 14.4. The molecule has 0 unspecified atom stereocenters. The molecule has 2 aliphatic heterocycles. The zero-order valence-corrected chi connectivity index (χ0v) is 14.5. The molecule has 1 aromatic carbocycles. The number of nitrogens with two attached hydrogens (primary N) is 1. The van der Waals surface area contributed by atoms with E-state index in [2.05, 4.69) is 0 Å². The number of nitrogens with zero attached hydrogens (tertiary/aromatic N) is 1. The molecular weight excluding hydrogens is 327 g/mol.